The predicted octanol–water partition coefficient (Wildman–Crippen LogP) is 5.76. The average molecular weight is 501 g/mol. The number of hydrogen-bond donors (Lipinski definition) is 0. The fourth-order valence-corrected chi connectivity index (χ4v) is 5.97. The third-order valence-corrected chi connectivity index (χ3v) is 8.21. The second kappa shape index (κ2) is 12.0. The molecule has 1 amide bonds. The zero-order valence-electron chi connectivity index (χ0n) is 22.2. The van der Waals surface area contributed by atoms with Crippen LogP contribution in [0.15, 0.2) is 54.7 Å². The van der Waals surface area contributed by atoms with Crippen LogP contribution in [0.3, 0.4) is 0 Å². The first-order valence-electron chi connectivity index (χ1n) is 14.1. The molecule has 6 nitrogen and oxygen atoms in total. The van der Waals surface area contributed by atoms with Crippen LogP contribution in [-0.2, 0) is 6.42 Å². The molecule has 6 heteroatoms. The van der Waals surface area contributed by atoms with Gasteiger partial charge < -0.3 is 9.64 Å². The fourth-order valence-electron chi connectivity index (χ4n) is 5.97. The molecule has 37 heavy (non-hydrogen) atoms. The summed E-state index contributed by atoms with van der Waals surface area (Å²) in [6.07, 6.45) is 10.8. The van der Waals surface area contributed by atoms with Gasteiger partial charge in [0.05, 0.1) is 17.2 Å². The van der Waals surface area contributed by atoms with Crippen molar-refractivity contribution < 1.29 is 9.53 Å². The molecule has 5 rings (SSSR count). The molecule has 2 aliphatic heterocycles. The fraction of sp³-hybridized carbons (Fsp3) is 0.516. The molecule has 1 spiro atoms. The van der Waals surface area contributed by atoms with Crippen molar-refractivity contribution in [2.75, 3.05) is 39.3 Å². The highest BCUT2D eigenvalue weighted by atomic mass is 16.5. The van der Waals surface area contributed by atoms with E-state index in [-0.39, 0.29) is 11.3 Å². The van der Waals surface area contributed by atoms with Crippen LogP contribution in [0.5, 0.6) is 5.75 Å². The number of nitrogens with zero attached hydrogens (tertiary/aromatic N) is 4. The Balaban J connectivity index is 1.28. The largest absolute Gasteiger partial charge is 0.492 e. The van der Waals surface area contributed by atoms with Crippen molar-refractivity contribution >= 4 is 16.9 Å². The molecule has 0 unspecified atom stereocenters. The zero-order valence-corrected chi connectivity index (χ0v) is 22.2. The molecule has 196 valence electrons. The molecule has 1 fully saturated rings. The highest BCUT2D eigenvalue weighted by Gasteiger charge is 2.37. The second-order valence-electron chi connectivity index (χ2n) is 10.8. The number of aromatic nitrogens is 2. The number of carbonyl (C=O) groups is 1. The number of unbranched alkanes of at least 4 members (excludes halogenated alkanes) is 1. The van der Waals surface area contributed by atoms with E-state index in [1.54, 1.807) is 6.20 Å². The maximum Gasteiger partial charge on any atom is 0.274 e. The first kappa shape index (κ1) is 25.7. The third kappa shape index (κ3) is 6.30. The Bertz CT molecular complexity index is 1190. The quantitative estimate of drug-likeness (QED) is 0.456. The molecular formula is C31H40N4O2. The van der Waals surface area contributed by atoms with Crippen LogP contribution >= 0.6 is 0 Å². The molecule has 0 bridgehead atoms. The smallest absolute Gasteiger partial charge is 0.274 e. The van der Waals surface area contributed by atoms with Crippen molar-refractivity contribution in [1.82, 2.24) is 19.8 Å². The van der Waals surface area contributed by atoms with Gasteiger partial charge in [0.25, 0.3) is 5.91 Å². The molecule has 0 atom stereocenters. The number of hydrogen-bond acceptors (Lipinski definition) is 5. The number of benzene rings is 2. The van der Waals surface area contributed by atoms with E-state index in [9.17, 15) is 4.79 Å². The molecule has 2 aromatic carbocycles. The lowest BCUT2D eigenvalue weighted by atomic mass is 9.73. The summed E-state index contributed by atoms with van der Waals surface area (Å²) in [6, 6.07) is 16.3. The predicted molar refractivity (Wildman–Crippen MR) is 148 cm³/mol. The number of fused-ring (bicyclic) bond motifs is 2. The van der Waals surface area contributed by atoms with Crippen LogP contribution in [0.1, 0.15) is 67.9 Å². The zero-order chi connectivity index (χ0) is 25.5. The van der Waals surface area contributed by atoms with Gasteiger partial charge in [-0.15, -0.1) is 0 Å². The molecule has 0 radical (unpaired) electrons. The van der Waals surface area contributed by atoms with Crippen LogP contribution in [0.25, 0.3) is 11.0 Å². The van der Waals surface area contributed by atoms with Crippen molar-refractivity contribution in [1.29, 1.82) is 0 Å². The van der Waals surface area contributed by atoms with E-state index in [1.807, 2.05) is 29.2 Å². The maximum absolute atomic E-state index is 13.3. The van der Waals surface area contributed by atoms with Gasteiger partial charge in [0.15, 0.2) is 0 Å². The molecule has 0 saturated carbocycles. The van der Waals surface area contributed by atoms with Gasteiger partial charge in [-0.2, -0.15) is 0 Å². The van der Waals surface area contributed by atoms with Crippen molar-refractivity contribution in [2.45, 2.75) is 58.3 Å². The SMILES string of the molecule is CCCCN1CCOc2ccccc2CCCCC2(CCN(C(=O)c3cnc4ccccc4n3)CC2)C1. The molecule has 3 aromatic rings. The van der Waals surface area contributed by atoms with Crippen LogP contribution in [0, 0.1) is 5.41 Å². The summed E-state index contributed by atoms with van der Waals surface area (Å²) in [5, 5.41) is 0. The maximum atomic E-state index is 13.3. The van der Waals surface area contributed by atoms with Gasteiger partial charge in [-0.3, -0.25) is 14.7 Å². The Kier molecular flexibility index (Phi) is 8.34. The number of para-hydroxylation sites is 3. The molecule has 3 heterocycles. The number of rotatable bonds is 4. The minimum Gasteiger partial charge on any atom is -0.492 e. The molecule has 0 aliphatic carbocycles. The minimum absolute atomic E-state index is 0.00843. The molecular weight excluding hydrogens is 460 g/mol. The third-order valence-electron chi connectivity index (χ3n) is 8.21. The Hall–Kier alpha value is -2.99. The molecule has 2 aliphatic rings. The topological polar surface area (TPSA) is 58.6 Å². The van der Waals surface area contributed by atoms with E-state index in [2.05, 4.69) is 46.1 Å². The van der Waals surface area contributed by atoms with E-state index in [4.69, 9.17) is 4.74 Å². The average Bonchev–Trinajstić information content (AvgIpc) is 2.94. The minimum atomic E-state index is 0.00843. The van der Waals surface area contributed by atoms with E-state index in [0.29, 0.717) is 5.69 Å². The van der Waals surface area contributed by atoms with Crippen molar-refractivity contribution in [3.8, 4) is 5.75 Å². The summed E-state index contributed by atoms with van der Waals surface area (Å²) in [5.74, 6) is 1.06. The molecule has 1 saturated heterocycles. The lowest BCUT2D eigenvalue weighted by Crippen LogP contribution is -2.49. The number of ether oxygens (including phenoxy) is 1. The van der Waals surface area contributed by atoms with Gasteiger partial charge in [-0.1, -0.05) is 50.1 Å². The van der Waals surface area contributed by atoms with Crippen molar-refractivity contribution in [2.24, 2.45) is 5.41 Å². The second-order valence-corrected chi connectivity index (χ2v) is 10.8. The summed E-state index contributed by atoms with van der Waals surface area (Å²) in [4.78, 5) is 27.0. The number of likely N-dealkylation sites (tertiary alicyclic amines) is 1. The lowest BCUT2D eigenvalue weighted by Gasteiger charge is -2.45. The lowest BCUT2D eigenvalue weighted by molar-refractivity contribution is 0.0371. The monoisotopic (exact) mass is 500 g/mol. The summed E-state index contributed by atoms with van der Waals surface area (Å²) < 4.78 is 6.27. The van der Waals surface area contributed by atoms with Crippen molar-refractivity contribution in [3.63, 3.8) is 0 Å². The summed E-state index contributed by atoms with van der Waals surface area (Å²) in [6.45, 7) is 7.71. The Morgan fingerprint density at radius 1 is 0.973 bits per heavy atom. The van der Waals surface area contributed by atoms with Gasteiger partial charge in [0, 0.05) is 26.2 Å². The van der Waals surface area contributed by atoms with Gasteiger partial charge in [-0.25, -0.2) is 4.98 Å². The number of aryl methyl sites for hydroxylation is 1. The Morgan fingerprint density at radius 3 is 2.59 bits per heavy atom. The van der Waals surface area contributed by atoms with Crippen LogP contribution in [0.2, 0.25) is 0 Å². The summed E-state index contributed by atoms with van der Waals surface area (Å²) >= 11 is 0. The van der Waals surface area contributed by atoms with Gasteiger partial charge in [-0.05, 0) is 74.2 Å². The van der Waals surface area contributed by atoms with Crippen molar-refractivity contribution in [3.05, 3.63) is 66.0 Å². The standard InChI is InChI=1S/C31H40N4O2/c1-2-3-18-34-21-22-37-29-14-7-4-10-25(29)11-8-9-15-31(24-34)16-19-35(20-17-31)30(36)28-23-32-26-12-5-6-13-27(26)33-28/h4-7,10,12-14,23H,2-3,8-9,11,15-22,24H2,1H3. The van der Waals surface area contributed by atoms with Crippen LogP contribution in [-0.4, -0.2) is 65.0 Å². The van der Waals surface area contributed by atoms with E-state index < -0.39 is 0 Å². The number of piperidine rings is 1. The normalized spacial score (nSPS) is 19.0. The number of amides is 1. The summed E-state index contributed by atoms with van der Waals surface area (Å²) in [7, 11) is 0. The van der Waals surface area contributed by atoms with E-state index >= 15 is 0 Å². The summed E-state index contributed by atoms with van der Waals surface area (Å²) in [5.41, 5.74) is 3.63. The van der Waals surface area contributed by atoms with Crippen LogP contribution < -0.4 is 4.74 Å². The first-order chi connectivity index (χ1) is 18.2. The van der Waals surface area contributed by atoms with Gasteiger partial charge in [0.2, 0.25) is 0 Å². The Labute approximate surface area is 221 Å². The Morgan fingerprint density at radius 2 is 1.76 bits per heavy atom. The molecule has 0 N–H and O–H groups in total. The van der Waals surface area contributed by atoms with E-state index in [1.165, 1.54) is 37.7 Å². The van der Waals surface area contributed by atoms with E-state index in [0.717, 1.165) is 75.4 Å². The first-order valence-corrected chi connectivity index (χ1v) is 14.1. The van der Waals surface area contributed by atoms with Gasteiger partial charge >= 0.3 is 0 Å². The highest BCUT2D eigenvalue weighted by Crippen LogP contribution is 2.38. The van der Waals surface area contributed by atoms with Gasteiger partial charge in [0.1, 0.15) is 18.1 Å². The number of carbonyl (C=O) groups excluding carboxylic acids is 1. The van der Waals surface area contributed by atoms with Crippen LogP contribution in [0.4, 0.5) is 0 Å². The molecule has 1 aromatic heterocycles. The highest BCUT2D eigenvalue weighted by molar-refractivity contribution is 5.93.